The van der Waals surface area contributed by atoms with Crippen LogP contribution in [0.5, 0.6) is 0 Å². The third kappa shape index (κ3) is 6.55. The van der Waals surface area contributed by atoms with Gasteiger partial charge in [0.2, 0.25) is 0 Å². The molecule has 2 atom stereocenters. The molecule has 1 aromatic heterocycles. The van der Waals surface area contributed by atoms with E-state index in [4.69, 9.17) is 10.5 Å². The van der Waals surface area contributed by atoms with E-state index < -0.39 is 29.1 Å². The molecule has 0 fully saturated rings. The van der Waals surface area contributed by atoms with Gasteiger partial charge in [-0.3, -0.25) is 4.79 Å². The van der Waals surface area contributed by atoms with E-state index >= 15 is 0 Å². The van der Waals surface area contributed by atoms with Crippen LogP contribution in [0.4, 0.5) is 0 Å². The van der Waals surface area contributed by atoms with Crippen molar-refractivity contribution >= 4 is 17.4 Å². The molecular weight excluding hydrogens is 466 g/mol. The van der Waals surface area contributed by atoms with Crippen LogP contribution in [0, 0.1) is 5.41 Å². The fourth-order valence-electron chi connectivity index (χ4n) is 4.36. The van der Waals surface area contributed by atoms with E-state index in [1.54, 1.807) is 6.08 Å². The van der Waals surface area contributed by atoms with Crippen molar-refractivity contribution < 1.29 is 19.4 Å². The van der Waals surface area contributed by atoms with Crippen LogP contribution in [0.1, 0.15) is 94.1 Å². The van der Waals surface area contributed by atoms with Crippen molar-refractivity contribution in [3.63, 3.8) is 0 Å². The van der Waals surface area contributed by atoms with Crippen molar-refractivity contribution in [2.45, 2.75) is 85.7 Å². The minimum Gasteiger partial charge on any atom is -0.386 e. The zero-order valence-electron chi connectivity index (χ0n) is 23.0. The molecule has 1 amide bonds. The number of allylic oxidation sites excluding steroid dienone is 2. The normalized spacial score (nSPS) is 16.9. The van der Waals surface area contributed by atoms with Crippen LogP contribution in [0.25, 0.3) is 5.57 Å². The van der Waals surface area contributed by atoms with Gasteiger partial charge in [-0.05, 0) is 55.4 Å². The molecule has 1 aliphatic carbocycles. The van der Waals surface area contributed by atoms with Gasteiger partial charge in [0, 0.05) is 13.0 Å². The first-order chi connectivity index (χ1) is 17.3. The third-order valence-corrected chi connectivity index (χ3v) is 6.19. The van der Waals surface area contributed by atoms with Crippen LogP contribution in [-0.4, -0.2) is 38.2 Å². The van der Waals surface area contributed by atoms with Crippen molar-refractivity contribution in [3.05, 3.63) is 76.4 Å². The average Bonchev–Trinajstić information content (AvgIpc) is 3.16. The van der Waals surface area contributed by atoms with E-state index in [1.165, 1.54) is 0 Å². The summed E-state index contributed by atoms with van der Waals surface area (Å²) in [4.78, 5) is 28.8. The first-order valence-corrected chi connectivity index (χ1v) is 12.7. The Morgan fingerprint density at radius 2 is 1.84 bits per heavy atom. The second-order valence-electron chi connectivity index (χ2n) is 11.6. The molecular formula is C30H39N3O4. The minimum atomic E-state index is -0.930. The van der Waals surface area contributed by atoms with Crippen molar-refractivity contribution in [1.29, 1.82) is 0 Å². The lowest BCUT2D eigenvalue weighted by Gasteiger charge is -2.30. The Bertz CT molecular complexity index is 1250. The Labute approximate surface area is 219 Å². The lowest BCUT2D eigenvalue weighted by Crippen LogP contribution is -2.30. The lowest BCUT2D eigenvalue weighted by atomic mass is 9.86. The van der Waals surface area contributed by atoms with E-state index in [-0.39, 0.29) is 5.69 Å². The number of amides is 1. The fraction of sp³-hybridized carbons (Fsp3) is 0.467. The number of nitrogens with zero attached hydrogens (tertiary/aromatic N) is 2. The summed E-state index contributed by atoms with van der Waals surface area (Å²) in [6.07, 6.45) is 5.55. The number of aliphatic hydroxyl groups excluding tert-OH is 1. The molecule has 1 aromatic carbocycles. The van der Waals surface area contributed by atoms with Crippen molar-refractivity contribution in [2.24, 2.45) is 11.1 Å². The van der Waals surface area contributed by atoms with Crippen LogP contribution in [0.2, 0.25) is 0 Å². The number of carbonyl (C=O) groups excluding carboxylic acids is 2. The maximum atomic E-state index is 12.5. The summed E-state index contributed by atoms with van der Waals surface area (Å²) < 4.78 is 8.03. The molecule has 198 valence electrons. The maximum Gasteiger partial charge on any atom is 0.267 e. The topological polar surface area (TPSA) is 107 Å². The molecule has 2 unspecified atom stereocenters. The highest BCUT2D eigenvalue weighted by Gasteiger charge is 2.33. The van der Waals surface area contributed by atoms with Crippen molar-refractivity contribution in [2.75, 3.05) is 0 Å². The number of hydrogen-bond donors (Lipinski definition) is 2. The Kier molecular flexibility index (Phi) is 8.43. The largest absolute Gasteiger partial charge is 0.386 e. The second kappa shape index (κ2) is 11.0. The fourth-order valence-corrected chi connectivity index (χ4v) is 4.36. The monoisotopic (exact) mass is 505 g/mol. The van der Waals surface area contributed by atoms with Gasteiger partial charge in [-0.25, -0.2) is 9.78 Å². The van der Waals surface area contributed by atoms with Crippen LogP contribution in [-0.2, 0) is 22.5 Å². The van der Waals surface area contributed by atoms with E-state index in [2.05, 4.69) is 4.98 Å². The first-order valence-electron chi connectivity index (χ1n) is 12.7. The van der Waals surface area contributed by atoms with Crippen molar-refractivity contribution in [1.82, 2.24) is 9.55 Å². The van der Waals surface area contributed by atoms with Crippen LogP contribution in [0.15, 0.2) is 48.1 Å². The molecule has 1 aliphatic rings. The van der Waals surface area contributed by atoms with Gasteiger partial charge in [-0.2, -0.15) is 0 Å². The molecule has 0 saturated heterocycles. The molecule has 0 bridgehead atoms. The first kappa shape index (κ1) is 28.3. The van der Waals surface area contributed by atoms with Gasteiger partial charge in [0.25, 0.3) is 5.91 Å². The predicted octanol–water partition coefficient (Wildman–Crippen LogP) is 4.96. The zero-order chi connectivity index (χ0) is 27.5. The standard InChI is InChI=1S/C30H39N3O4/c1-8-10-23-32-24(27(35)29(2,3)4)25(28(31)36)33(23)17-19-13-15-20(16-14-19)22-12-9-11-21(18-34)26(22)37-30(5,6)7/h9,11-16,26-27,35H,8,10,17H2,1-7H3,(H2,31,36). The SMILES string of the molecule is CCCc1nc(C(O)C(C)(C)C)c(C(N)=O)n1Cc1ccc(C2=CC=CC(=C=O)C2OC(C)(C)C)cc1. The number of hydrogen-bond acceptors (Lipinski definition) is 5. The minimum absolute atomic E-state index is 0.245. The molecule has 7 nitrogen and oxygen atoms in total. The number of benzene rings is 1. The van der Waals surface area contributed by atoms with E-state index in [1.807, 2.05) is 95.4 Å². The van der Waals surface area contributed by atoms with Gasteiger partial charge in [0.1, 0.15) is 35.4 Å². The summed E-state index contributed by atoms with van der Waals surface area (Å²) in [5.74, 6) is 2.13. The Morgan fingerprint density at radius 1 is 1.19 bits per heavy atom. The molecule has 2 aromatic rings. The Balaban J connectivity index is 1.99. The Morgan fingerprint density at radius 3 is 2.35 bits per heavy atom. The molecule has 1 heterocycles. The zero-order valence-corrected chi connectivity index (χ0v) is 23.0. The van der Waals surface area contributed by atoms with Gasteiger partial charge in [0.05, 0.1) is 11.2 Å². The Hall–Kier alpha value is -3.25. The predicted molar refractivity (Wildman–Crippen MR) is 146 cm³/mol. The summed E-state index contributed by atoms with van der Waals surface area (Å²) in [5.41, 5.74) is 8.63. The number of imidazole rings is 1. The average molecular weight is 506 g/mol. The lowest BCUT2D eigenvalue weighted by molar-refractivity contribution is -0.0168. The molecule has 3 rings (SSSR count). The highest BCUT2D eigenvalue weighted by molar-refractivity contribution is 5.92. The summed E-state index contributed by atoms with van der Waals surface area (Å²) in [6.45, 7) is 14.0. The molecule has 0 spiro atoms. The van der Waals surface area contributed by atoms with Gasteiger partial charge >= 0.3 is 0 Å². The highest BCUT2D eigenvalue weighted by atomic mass is 16.5. The molecule has 7 heteroatoms. The third-order valence-electron chi connectivity index (χ3n) is 6.19. The molecule has 0 saturated carbocycles. The maximum absolute atomic E-state index is 12.5. The van der Waals surface area contributed by atoms with Gasteiger partial charge in [-0.15, -0.1) is 0 Å². The molecule has 0 radical (unpaired) electrons. The molecule has 3 N–H and O–H groups in total. The van der Waals surface area contributed by atoms with Crippen LogP contribution < -0.4 is 5.73 Å². The second-order valence-corrected chi connectivity index (χ2v) is 11.6. The summed E-state index contributed by atoms with van der Waals surface area (Å²) in [7, 11) is 0. The van der Waals surface area contributed by atoms with Crippen molar-refractivity contribution in [3.8, 4) is 0 Å². The number of nitrogens with two attached hydrogens (primary N) is 1. The summed E-state index contributed by atoms with van der Waals surface area (Å²) >= 11 is 0. The number of carbonyl (C=O) groups is 1. The quantitative estimate of drug-likeness (QED) is 0.493. The van der Waals surface area contributed by atoms with E-state index in [9.17, 15) is 14.7 Å². The van der Waals surface area contributed by atoms with Crippen LogP contribution in [0.3, 0.4) is 0 Å². The van der Waals surface area contributed by atoms with Gasteiger partial charge in [-0.1, -0.05) is 64.1 Å². The number of primary amides is 1. The van der Waals surface area contributed by atoms with Gasteiger partial charge < -0.3 is 20.1 Å². The number of rotatable bonds is 8. The van der Waals surface area contributed by atoms with E-state index in [0.717, 1.165) is 28.9 Å². The van der Waals surface area contributed by atoms with Crippen LogP contribution >= 0.6 is 0 Å². The van der Waals surface area contributed by atoms with E-state index in [0.29, 0.717) is 24.2 Å². The van der Waals surface area contributed by atoms with Gasteiger partial charge in [0.15, 0.2) is 0 Å². The summed E-state index contributed by atoms with van der Waals surface area (Å²) in [6, 6.07) is 7.92. The number of ether oxygens (including phenoxy) is 1. The molecule has 37 heavy (non-hydrogen) atoms. The highest BCUT2D eigenvalue weighted by Crippen LogP contribution is 2.35. The number of aromatic nitrogens is 2. The molecule has 0 aliphatic heterocycles. The smallest absolute Gasteiger partial charge is 0.267 e. The summed E-state index contributed by atoms with van der Waals surface area (Å²) in [5, 5.41) is 11.0. The number of aryl methyl sites for hydroxylation is 1. The number of aliphatic hydroxyl groups is 1.